The number of aromatic hydroxyl groups is 1. The van der Waals surface area contributed by atoms with Crippen molar-refractivity contribution in [3.05, 3.63) is 114 Å². The Kier molecular flexibility index (Phi) is 5.17. The summed E-state index contributed by atoms with van der Waals surface area (Å²) in [5.74, 6) is 0.350. The van der Waals surface area contributed by atoms with E-state index in [4.69, 9.17) is 0 Å². The molecule has 3 heteroatoms. The number of aryl methyl sites for hydroxylation is 1. The van der Waals surface area contributed by atoms with E-state index in [9.17, 15) is 5.11 Å². The van der Waals surface area contributed by atoms with Crippen LogP contribution in [-0.4, -0.2) is 16.6 Å². The van der Waals surface area contributed by atoms with Gasteiger partial charge in [0.25, 0.3) is 0 Å². The fourth-order valence-corrected chi connectivity index (χ4v) is 4.56. The molecule has 5 rings (SSSR count). The lowest BCUT2D eigenvalue weighted by Gasteiger charge is -2.39. The molecule has 0 bridgehead atoms. The minimum atomic E-state index is 0.235. The minimum Gasteiger partial charge on any atom is -0.508 e. The summed E-state index contributed by atoms with van der Waals surface area (Å²) in [6.07, 6.45) is 5.52. The number of fused-ring (bicyclic) bond motifs is 1. The van der Waals surface area contributed by atoms with E-state index in [1.165, 1.54) is 39.1 Å². The Balaban J connectivity index is 1.48. The second-order valence-corrected chi connectivity index (χ2v) is 8.31. The maximum Gasteiger partial charge on any atom is 0.115 e. The third-order valence-electron chi connectivity index (χ3n) is 6.25. The van der Waals surface area contributed by atoms with E-state index in [1.807, 2.05) is 36.7 Å². The van der Waals surface area contributed by atoms with E-state index < -0.39 is 0 Å². The summed E-state index contributed by atoms with van der Waals surface area (Å²) in [6.45, 7) is 3.07. The topological polar surface area (TPSA) is 36.4 Å². The summed E-state index contributed by atoms with van der Waals surface area (Å²) in [5.41, 5.74) is 8.78. The number of benzene rings is 3. The molecule has 3 aromatic carbocycles. The fraction of sp³-hybridized carbons (Fsp3) is 0.179. The van der Waals surface area contributed by atoms with Crippen LogP contribution in [0.4, 0.5) is 5.69 Å². The van der Waals surface area contributed by atoms with Gasteiger partial charge in [0.2, 0.25) is 0 Å². The summed E-state index contributed by atoms with van der Waals surface area (Å²) in [4.78, 5) is 6.62. The van der Waals surface area contributed by atoms with Crippen LogP contribution in [0.2, 0.25) is 0 Å². The van der Waals surface area contributed by atoms with E-state index in [0.29, 0.717) is 5.75 Å². The first kappa shape index (κ1) is 19.4. The van der Waals surface area contributed by atoms with E-state index in [-0.39, 0.29) is 6.04 Å². The predicted molar refractivity (Wildman–Crippen MR) is 126 cm³/mol. The molecule has 1 atom stereocenters. The zero-order valence-corrected chi connectivity index (χ0v) is 17.7. The van der Waals surface area contributed by atoms with Crippen LogP contribution in [0.3, 0.4) is 0 Å². The monoisotopic (exact) mass is 406 g/mol. The number of hydrogen-bond acceptors (Lipinski definition) is 3. The summed E-state index contributed by atoms with van der Waals surface area (Å²) < 4.78 is 0. The van der Waals surface area contributed by atoms with Crippen LogP contribution in [0.25, 0.3) is 11.1 Å². The average Bonchev–Trinajstić information content (AvgIpc) is 2.81. The smallest absolute Gasteiger partial charge is 0.115 e. The molecule has 0 saturated heterocycles. The van der Waals surface area contributed by atoms with Crippen molar-refractivity contribution in [1.82, 2.24) is 4.98 Å². The number of nitrogens with zero attached hydrogens (tertiary/aromatic N) is 2. The van der Waals surface area contributed by atoms with Gasteiger partial charge < -0.3 is 10.0 Å². The minimum absolute atomic E-state index is 0.235. The summed E-state index contributed by atoms with van der Waals surface area (Å²) in [7, 11) is 0. The van der Waals surface area contributed by atoms with Gasteiger partial charge in [-0.2, -0.15) is 0 Å². The molecule has 1 aliphatic heterocycles. The molecule has 0 amide bonds. The largest absolute Gasteiger partial charge is 0.508 e. The van der Waals surface area contributed by atoms with Crippen LogP contribution in [-0.2, 0) is 12.8 Å². The van der Waals surface area contributed by atoms with Gasteiger partial charge >= 0.3 is 0 Å². The maximum absolute atomic E-state index is 10.00. The zero-order valence-electron chi connectivity index (χ0n) is 17.7. The average molecular weight is 407 g/mol. The molecule has 1 aliphatic rings. The molecule has 31 heavy (non-hydrogen) atoms. The number of rotatable bonds is 4. The Morgan fingerprint density at radius 3 is 2.32 bits per heavy atom. The van der Waals surface area contributed by atoms with Crippen molar-refractivity contribution in [2.24, 2.45) is 0 Å². The molecule has 1 unspecified atom stereocenters. The van der Waals surface area contributed by atoms with E-state index in [1.54, 1.807) is 0 Å². The van der Waals surface area contributed by atoms with E-state index >= 15 is 0 Å². The van der Waals surface area contributed by atoms with E-state index in [0.717, 1.165) is 19.4 Å². The molecule has 4 aromatic rings. The normalized spacial score (nSPS) is 15.5. The lowest BCUT2D eigenvalue weighted by molar-refractivity contribution is 0.472. The van der Waals surface area contributed by atoms with Gasteiger partial charge in [0.15, 0.2) is 0 Å². The first-order valence-corrected chi connectivity index (χ1v) is 10.8. The van der Waals surface area contributed by atoms with Crippen LogP contribution < -0.4 is 4.90 Å². The molecule has 1 N–H and O–H groups in total. The number of phenolic OH excluding ortho intramolecular Hbond substituents is 1. The van der Waals surface area contributed by atoms with Gasteiger partial charge in [0.05, 0.1) is 6.04 Å². The molecule has 0 aliphatic carbocycles. The fourth-order valence-electron chi connectivity index (χ4n) is 4.56. The molecular formula is C28H26N2O. The standard InChI is InChI=1S/C28H26N2O/c1-20-2-8-25(9-3-20)30-17-14-24-19-26(31)10-11-27(24)28(30)18-21-4-6-22(7-5-21)23-12-15-29-16-13-23/h2-13,15-16,19,28,31H,14,17-18H2,1H3. The molecular weight excluding hydrogens is 380 g/mol. The van der Waals surface area contributed by atoms with Gasteiger partial charge in [-0.3, -0.25) is 4.98 Å². The van der Waals surface area contributed by atoms with Crippen molar-refractivity contribution in [1.29, 1.82) is 0 Å². The van der Waals surface area contributed by atoms with Gasteiger partial charge in [0.1, 0.15) is 5.75 Å². The van der Waals surface area contributed by atoms with Gasteiger partial charge in [0, 0.05) is 24.6 Å². The molecule has 0 saturated carbocycles. The van der Waals surface area contributed by atoms with Gasteiger partial charge in [-0.05, 0) is 84.0 Å². The van der Waals surface area contributed by atoms with Crippen molar-refractivity contribution < 1.29 is 5.11 Å². The Hall–Kier alpha value is -3.59. The van der Waals surface area contributed by atoms with Crippen molar-refractivity contribution >= 4 is 5.69 Å². The lowest BCUT2D eigenvalue weighted by Crippen LogP contribution is -2.36. The number of pyridine rings is 1. The molecule has 2 heterocycles. The van der Waals surface area contributed by atoms with Crippen molar-refractivity contribution in [3.8, 4) is 16.9 Å². The Labute approximate surface area is 183 Å². The molecule has 1 aromatic heterocycles. The number of aromatic nitrogens is 1. The zero-order chi connectivity index (χ0) is 21.2. The predicted octanol–water partition coefficient (Wildman–Crippen LogP) is 6.11. The van der Waals surface area contributed by atoms with Gasteiger partial charge in [-0.15, -0.1) is 0 Å². The van der Waals surface area contributed by atoms with Crippen molar-refractivity contribution in [2.75, 3.05) is 11.4 Å². The Bertz CT molecular complexity index is 1170. The second-order valence-electron chi connectivity index (χ2n) is 8.31. The van der Waals surface area contributed by atoms with Crippen LogP contribution >= 0.6 is 0 Å². The highest BCUT2D eigenvalue weighted by atomic mass is 16.3. The van der Waals surface area contributed by atoms with Crippen molar-refractivity contribution in [2.45, 2.75) is 25.8 Å². The number of phenols is 1. The molecule has 0 spiro atoms. The Morgan fingerprint density at radius 1 is 0.871 bits per heavy atom. The van der Waals surface area contributed by atoms with Crippen molar-refractivity contribution in [3.63, 3.8) is 0 Å². The second kappa shape index (κ2) is 8.27. The van der Waals surface area contributed by atoms with E-state index in [2.05, 4.69) is 71.4 Å². The number of anilines is 1. The quantitative estimate of drug-likeness (QED) is 0.444. The highest BCUT2D eigenvalue weighted by Gasteiger charge is 2.28. The van der Waals surface area contributed by atoms with Gasteiger partial charge in [-0.1, -0.05) is 48.0 Å². The third-order valence-corrected chi connectivity index (χ3v) is 6.25. The van der Waals surface area contributed by atoms with Crippen LogP contribution in [0.5, 0.6) is 5.75 Å². The Morgan fingerprint density at radius 2 is 1.58 bits per heavy atom. The summed E-state index contributed by atoms with van der Waals surface area (Å²) in [5, 5.41) is 10.00. The highest BCUT2D eigenvalue weighted by Crippen LogP contribution is 2.37. The maximum atomic E-state index is 10.00. The highest BCUT2D eigenvalue weighted by molar-refractivity contribution is 5.63. The van der Waals surface area contributed by atoms with Crippen LogP contribution in [0.15, 0.2) is 91.3 Å². The summed E-state index contributed by atoms with van der Waals surface area (Å²) in [6, 6.07) is 27.8. The van der Waals surface area contributed by atoms with Crippen LogP contribution in [0, 0.1) is 6.92 Å². The van der Waals surface area contributed by atoms with Gasteiger partial charge in [-0.25, -0.2) is 0 Å². The first-order chi connectivity index (χ1) is 15.2. The first-order valence-electron chi connectivity index (χ1n) is 10.8. The van der Waals surface area contributed by atoms with Crippen LogP contribution in [0.1, 0.15) is 28.3 Å². The molecule has 154 valence electrons. The molecule has 0 fully saturated rings. The lowest BCUT2D eigenvalue weighted by atomic mass is 9.87. The molecule has 0 radical (unpaired) electrons. The number of hydrogen-bond donors (Lipinski definition) is 1. The molecule has 3 nitrogen and oxygen atoms in total. The third kappa shape index (κ3) is 4.04. The summed E-state index contributed by atoms with van der Waals surface area (Å²) >= 11 is 0. The SMILES string of the molecule is Cc1ccc(N2CCc3cc(O)ccc3C2Cc2ccc(-c3ccncc3)cc2)cc1.